The van der Waals surface area contributed by atoms with Crippen molar-refractivity contribution in [3.8, 4) is 0 Å². The molecule has 2 aliphatic rings. The van der Waals surface area contributed by atoms with Crippen LogP contribution in [0.4, 0.5) is 0 Å². The van der Waals surface area contributed by atoms with Crippen LogP contribution in [0, 0.1) is 0 Å². The number of unbranched alkanes of at least 4 members (excludes halogenated alkanes) is 3. The average molecular weight is 311 g/mol. The zero-order valence-electron chi connectivity index (χ0n) is 12.0. The third-order valence-electron chi connectivity index (χ3n) is 5.20. The second kappa shape index (κ2) is 7.77. The standard InChI is InChI=1S/C16H28BBr/c1-2-3-4-5-8-16(13-18)17-14-9-6-10-15(17)12-7-11-14/h13-15H,2-12H2,1H3/b16-13-. The van der Waals surface area contributed by atoms with Crippen LogP contribution >= 0.6 is 15.9 Å². The SMILES string of the molecule is CCCCCC/C(=C/Br)B1C2CCCC1CCC2. The summed E-state index contributed by atoms with van der Waals surface area (Å²) in [6.07, 6.45) is 15.9. The molecule has 2 fully saturated rings. The highest BCUT2D eigenvalue weighted by Gasteiger charge is 2.40. The Balaban J connectivity index is 1.90. The van der Waals surface area contributed by atoms with Crippen molar-refractivity contribution >= 4 is 22.6 Å². The van der Waals surface area contributed by atoms with Crippen LogP contribution in [0.2, 0.25) is 11.6 Å². The van der Waals surface area contributed by atoms with Gasteiger partial charge in [-0.3, -0.25) is 0 Å². The Bertz CT molecular complexity index is 252. The second-order valence-corrected chi connectivity index (χ2v) is 6.86. The Morgan fingerprint density at radius 2 is 1.67 bits per heavy atom. The summed E-state index contributed by atoms with van der Waals surface area (Å²) in [4.78, 5) is 2.29. The Morgan fingerprint density at radius 3 is 2.17 bits per heavy atom. The number of halogens is 1. The third kappa shape index (κ3) is 3.65. The summed E-state index contributed by atoms with van der Waals surface area (Å²) in [5.41, 5.74) is 1.75. The maximum atomic E-state index is 3.67. The highest BCUT2D eigenvalue weighted by atomic mass is 79.9. The molecule has 102 valence electrons. The summed E-state index contributed by atoms with van der Waals surface area (Å²) in [6, 6.07) is 0. The fourth-order valence-corrected chi connectivity index (χ4v) is 4.87. The van der Waals surface area contributed by atoms with Crippen molar-refractivity contribution in [2.45, 2.75) is 89.2 Å². The lowest BCUT2D eigenvalue weighted by atomic mass is 9.24. The topological polar surface area (TPSA) is 0 Å². The fourth-order valence-electron chi connectivity index (χ4n) is 4.33. The van der Waals surface area contributed by atoms with Gasteiger partial charge in [-0.1, -0.05) is 104 Å². The first kappa shape index (κ1) is 14.7. The molecule has 2 bridgehead atoms. The Morgan fingerprint density at radius 1 is 1.06 bits per heavy atom. The minimum atomic E-state index is 0.938. The number of fused-ring (bicyclic) bond motifs is 2. The highest BCUT2D eigenvalue weighted by molar-refractivity contribution is 9.11. The molecule has 0 spiro atoms. The maximum absolute atomic E-state index is 3.67. The lowest BCUT2D eigenvalue weighted by Crippen LogP contribution is -2.36. The number of hydrogen-bond donors (Lipinski definition) is 0. The van der Waals surface area contributed by atoms with Gasteiger partial charge in [0.05, 0.1) is 0 Å². The van der Waals surface area contributed by atoms with Crippen molar-refractivity contribution in [2.24, 2.45) is 0 Å². The van der Waals surface area contributed by atoms with Gasteiger partial charge in [0.1, 0.15) is 0 Å². The molecular formula is C16H28BBr. The van der Waals surface area contributed by atoms with Gasteiger partial charge in [-0.2, -0.15) is 0 Å². The van der Waals surface area contributed by atoms with Crippen LogP contribution in [0.25, 0.3) is 0 Å². The Kier molecular flexibility index (Phi) is 6.34. The van der Waals surface area contributed by atoms with E-state index >= 15 is 0 Å². The molecule has 0 aliphatic carbocycles. The molecule has 0 atom stereocenters. The molecule has 2 rings (SSSR count). The van der Waals surface area contributed by atoms with Crippen molar-refractivity contribution in [1.29, 1.82) is 0 Å². The van der Waals surface area contributed by atoms with Gasteiger partial charge in [0.15, 0.2) is 6.71 Å². The molecule has 0 aromatic carbocycles. The molecule has 0 aromatic heterocycles. The molecule has 2 aliphatic heterocycles. The molecular weight excluding hydrogens is 283 g/mol. The highest BCUT2D eigenvalue weighted by Crippen LogP contribution is 2.49. The summed E-state index contributed by atoms with van der Waals surface area (Å²) in [7, 11) is 0. The molecule has 0 amide bonds. The monoisotopic (exact) mass is 310 g/mol. The molecule has 18 heavy (non-hydrogen) atoms. The molecule has 2 heteroatoms. The molecule has 0 nitrogen and oxygen atoms in total. The van der Waals surface area contributed by atoms with Crippen LogP contribution < -0.4 is 0 Å². The maximum Gasteiger partial charge on any atom is 0.177 e. The van der Waals surface area contributed by atoms with E-state index in [1.54, 1.807) is 5.47 Å². The molecule has 0 aromatic rings. The zero-order chi connectivity index (χ0) is 12.8. The number of hydrogen-bond acceptors (Lipinski definition) is 0. The van der Waals surface area contributed by atoms with Gasteiger partial charge in [-0.15, -0.1) is 0 Å². The molecule has 2 saturated heterocycles. The lowest BCUT2D eigenvalue weighted by molar-refractivity contribution is 0.444. The molecule has 0 radical (unpaired) electrons. The number of rotatable bonds is 6. The summed E-state index contributed by atoms with van der Waals surface area (Å²) in [5.74, 6) is 2.04. The first-order valence-electron chi connectivity index (χ1n) is 8.16. The van der Waals surface area contributed by atoms with Crippen molar-refractivity contribution in [1.82, 2.24) is 0 Å². The van der Waals surface area contributed by atoms with Gasteiger partial charge >= 0.3 is 0 Å². The molecule has 0 unspecified atom stereocenters. The van der Waals surface area contributed by atoms with E-state index in [9.17, 15) is 0 Å². The van der Waals surface area contributed by atoms with E-state index < -0.39 is 0 Å². The van der Waals surface area contributed by atoms with Crippen molar-refractivity contribution in [3.63, 3.8) is 0 Å². The summed E-state index contributed by atoms with van der Waals surface area (Å²) in [6.45, 7) is 3.24. The van der Waals surface area contributed by atoms with Crippen LogP contribution in [0.1, 0.15) is 77.6 Å². The minimum Gasteiger partial charge on any atom is -0.0937 e. The summed E-state index contributed by atoms with van der Waals surface area (Å²) in [5, 5.41) is 0. The van der Waals surface area contributed by atoms with E-state index in [1.807, 2.05) is 0 Å². The first-order valence-corrected chi connectivity index (χ1v) is 9.07. The normalized spacial score (nSPS) is 28.6. The largest absolute Gasteiger partial charge is 0.177 e. The van der Waals surface area contributed by atoms with E-state index in [1.165, 1.54) is 70.6 Å². The second-order valence-electron chi connectivity index (χ2n) is 6.40. The first-order chi connectivity index (χ1) is 8.86. The lowest BCUT2D eigenvalue weighted by Gasteiger charge is -2.41. The predicted octanol–water partition coefficient (Wildman–Crippen LogP) is 6.38. The average Bonchev–Trinajstić information content (AvgIpc) is 2.38. The molecule has 0 N–H and O–H groups in total. The fraction of sp³-hybridized carbons (Fsp3) is 0.875. The van der Waals surface area contributed by atoms with E-state index in [2.05, 4.69) is 27.8 Å². The van der Waals surface area contributed by atoms with E-state index in [0.29, 0.717) is 0 Å². The number of allylic oxidation sites excluding steroid dienone is 1. The van der Waals surface area contributed by atoms with Crippen LogP contribution in [0.5, 0.6) is 0 Å². The van der Waals surface area contributed by atoms with Crippen molar-refractivity contribution in [2.75, 3.05) is 0 Å². The minimum absolute atomic E-state index is 0.938. The molecule has 2 heterocycles. The Labute approximate surface area is 122 Å². The van der Waals surface area contributed by atoms with Crippen LogP contribution in [-0.4, -0.2) is 6.71 Å². The van der Waals surface area contributed by atoms with Crippen molar-refractivity contribution in [3.05, 3.63) is 10.5 Å². The van der Waals surface area contributed by atoms with Crippen LogP contribution in [0.15, 0.2) is 10.5 Å². The van der Waals surface area contributed by atoms with E-state index in [4.69, 9.17) is 0 Å². The quantitative estimate of drug-likeness (QED) is 0.394. The summed E-state index contributed by atoms with van der Waals surface area (Å²) < 4.78 is 0. The third-order valence-corrected chi connectivity index (χ3v) is 5.79. The van der Waals surface area contributed by atoms with Gasteiger partial charge in [0.25, 0.3) is 0 Å². The van der Waals surface area contributed by atoms with Gasteiger partial charge in [-0.25, -0.2) is 0 Å². The zero-order valence-corrected chi connectivity index (χ0v) is 13.6. The van der Waals surface area contributed by atoms with Gasteiger partial charge in [-0.05, 0) is 11.4 Å². The van der Waals surface area contributed by atoms with E-state index in [-0.39, 0.29) is 0 Å². The van der Waals surface area contributed by atoms with Gasteiger partial charge < -0.3 is 0 Å². The van der Waals surface area contributed by atoms with Crippen molar-refractivity contribution < 1.29 is 0 Å². The molecule has 0 saturated carbocycles. The van der Waals surface area contributed by atoms with Crippen LogP contribution in [-0.2, 0) is 0 Å². The van der Waals surface area contributed by atoms with E-state index in [0.717, 1.165) is 18.3 Å². The van der Waals surface area contributed by atoms with Gasteiger partial charge in [0, 0.05) is 0 Å². The predicted molar refractivity (Wildman–Crippen MR) is 86.7 cm³/mol. The smallest absolute Gasteiger partial charge is 0.0937 e. The Hall–Kier alpha value is 0.285. The summed E-state index contributed by atoms with van der Waals surface area (Å²) >= 11 is 3.67. The van der Waals surface area contributed by atoms with Crippen LogP contribution in [0.3, 0.4) is 0 Å². The van der Waals surface area contributed by atoms with Gasteiger partial charge in [0.2, 0.25) is 0 Å².